The van der Waals surface area contributed by atoms with Gasteiger partial charge in [0.25, 0.3) is 0 Å². The number of aromatic nitrogens is 2. The summed E-state index contributed by atoms with van der Waals surface area (Å²) in [5.41, 5.74) is 5.42. The molecule has 0 radical (unpaired) electrons. The zero-order valence-corrected chi connectivity index (χ0v) is 12.7. The molecule has 0 bridgehead atoms. The molecule has 2 N–H and O–H groups in total. The van der Waals surface area contributed by atoms with Gasteiger partial charge in [-0.15, -0.1) is 0 Å². The van der Waals surface area contributed by atoms with E-state index >= 15 is 0 Å². The van der Waals surface area contributed by atoms with Gasteiger partial charge < -0.3 is 5.73 Å². The molecule has 1 heterocycles. The van der Waals surface area contributed by atoms with E-state index in [1.54, 1.807) is 17.9 Å². The van der Waals surface area contributed by atoms with Crippen LogP contribution in [0.1, 0.15) is 26.7 Å². The first-order chi connectivity index (χ1) is 8.87. The summed E-state index contributed by atoms with van der Waals surface area (Å²) in [7, 11) is -1.81. The number of hydrogen-bond donors (Lipinski definition) is 1. The van der Waals surface area contributed by atoms with Crippen molar-refractivity contribution in [1.82, 2.24) is 14.1 Å². The highest BCUT2D eigenvalue weighted by molar-refractivity contribution is 7.89. The Kier molecular flexibility index (Phi) is 5.96. The van der Waals surface area contributed by atoms with Crippen molar-refractivity contribution in [1.29, 1.82) is 0 Å². The molecule has 0 aliphatic carbocycles. The summed E-state index contributed by atoms with van der Waals surface area (Å²) in [5.74, 6) is 0.477. The highest BCUT2D eigenvalue weighted by Crippen LogP contribution is 2.14. The Bertz CT molecular complexity index is 482. The molecule has 1 aromatic rings. The third-order valence-electron chi connectivity index (χ3n) is 2.93. The van der Waals surface area contributed by atoms with Gasteiger partial charge in [0.2, 0.25) is 10.0 Å². The molecule has 0 unspecified atom stereocenters. The van der Waals surface area contributed by atoms with Crippen molar-refractivity contribution in [3.05, 3.63) is 12.4 Å². The lowest BCUT2D eigenvalue weighted by atomic mass is 10.1. The smallest absolute Gasteiger partial charge is 0.245 e. The molecule has 7 heteroatoms. The summed E-state index contributed by atoms with van der Waals surface area (Å²) < 4.78 is 27.6. The number of nitrogens with two attached hydrogens (primary N) is 1. The quantitative estimate of drug-likeness (QED) is 0.770. The van der Waals surface area contributed by atoms with Gasteiger partial charge in [-0.05, 0) is 25.3 Å². The van der Waals surface area contributed by atoms with Gasteiger partial charge in [-0.2, -0.15) is 5.10 Å². The van der Waals surface area contributed by atoms with Crippen LogP contribution in [0.4, 0.5) is 0 Å². The van der Waals surface area contributed by atoms with E-state index in [1.807, 2.05) is 0 Å². The fourth-order valence-corrected chi connectivity index (χ4v) is 2.73. The zero-order valence-electron chi connectivity index (χ0n) is 11.9. The molecule has 0 aliphatic heterocycles. The van der Waals surface area contributed by atoms with Crippen LogP contribution in [-0.4, -0.2) is 42.6 Å². The van der Waals surface area contributed by atoms with Gasteiger partial charge in [0.1, 0.15) is 4.90 Å². The Morgan fingerprint density at radius 1 is 1.47 bits per heavy atom. The van der Waals surface area contributed by atoms with Crippen LogP contribution in [0.25, 0.3) is 0 Å². The van der Waals surface area contributed by atoms with Gasteiger partial charge in [-0.3, -0.25) is 4.68 Å². The summed E-state index contributed by atoms with van der Waals surface area (Å²) in [6, 6.07) is 0. The third-order valence-corrected chi connectivity index (χ3v) is 4.74. The van der Waals surface area contributed by atoms with E-state index in [4.69, 9.17) is 5.73 Å². The van der Waals surface area contributed by atoms with Crippen LogP contribution in [-0.2, 0) is 16.6 Å². The Morgan fingerprint density at radius 2 is 2.16 bits per heavy atom. The van der Waals surface area contributed by atoms with Crippen LogP contribution in [0.15, 0.2) is 17.3 Å². The highest BCUT2D eigenvalue weighted by Gasteiger charge is 2.22. The maximum absolute atomic E-state index is 12.3. The molecular weight excluding hydrogens is 264 g/mol. The predicted octanol–water partition coefficient (Wildman–Crippen LogP) is 0.899. The molecule has 0 atom stereocenters. The average Bonchev–Trinajstić information content (AvgIpc) is 2.82. The fourth-order valence-electron chi connectivity index (χ4n) is 1.59. The first kappa shape index (κ1) is 16.1. The van der Waals surface area contributed by atoms with Gasteiger partial charge in [-0.25, -0.2) is 12.7 Å². The standard InChI is InChI=1S/C12H24N4O2S/c1-11(2)5-8-15(3)19(17,18)12-9-14-16(10-12)7-4-6-13/h9-11H,4-8,13H2,1-3H3. The Hall–Kier alpha value is -0.920. The number of rotatable bonds is 8. The minimum atomic E-state index is -3.42. The summed E-state index contributed by atoms with van der Waals surface area (Å²) in [5, 5.41) is 4.05. The molecule has 1 aromatic heterocycles. The third kappa shape index (κ3) is 4.59. The van der Waals surface area contributed by atoms with Crippen LogP contribution >= 0.6 is 0 Å². The Labute approximate surface area is 115 Å². The van der Waals surface area contributed by atoms with E-state index in [9.17, 15) is 8.42 Å². The molecule has 6 nitrogen and oxygen atoms in total. The lowest BCUT2D eigenvalue weighted by Gasteiger charge is -2.16. The minimum absolute atomic E-state index is 0.246. The van der Waals surface area contributed by atoms with Crippen molar-refractivity contribution in [3.63, 3.8) is 0 Å². The SMILES string of the molecule is CC(C)CCN(C)S(=O)(=O)c1cnn(CCCN)c1. The van der Waals surface area contributed by atoms with Crippen LogP contribution in [0.5, 0.6) is 0 Å². The first-order valence-corrected chi connectivity index (χ1v) is 8.00. The maximum Gasteiger partial charge on any atom is 0.245 e. The average molecular weight is 288 g/mol. The van der Waals surface area contributed by atoms with Crippen LogP contribution in [0, 0.1) is 5.92 Å². The fraction of sp³-hybridized carbons (Fsp3) is 0.750. The molecule has 19 heavy (non-hydrogen) atoms. The first-order valence-electron chi connectivity index (χ1n) is 6.56. The van der Waals surface area contributed by atoms with Gasteiger partial charge in [0, 0.05) is 26.3 Å². The minimum Gasteiger partial charge on any atom is -0.330 e. The van der Waals surface area contributed by atoms with Crippen molar-refractivity contribution in [2.45, 2.75) is 38.1 Å². The Morgan fingerprint density at radius 3 is 2.74 bits per heavy atom. The van der Waals surface area contributed by atoms with Crippen molar-refractivity contribution >= 4 is 10.0 Å². The molecule has 0 spiro atoms. The molecule has 0 aromatic carbocycles. The highest BCUT2D eigenvalue weighted by atomic mass is 32.2. The van der Waals surface area contributed by atoms with Crippen molar-refractivity contribution in [3.8, 4) is 0 Å². The number of aryl methyl sites for hydroxylation is 1. The van der Waals surface area contributed by atoms with E-state index in [0.717, 1.165) is 12.8 Å². The summed E-state index contributed by atoms with van der Waals surface area (Å²) in [6.07, 6.45) is 4.59. The van der Waals surface area contributed by atoms with Gasteiger partial charge >= 0.3 is 0 Å². The molecular formula is C12H24N4O2S. The van der Waals surface area contributed by atoms with E-state index < -0.39 is 10.0 Å². The van der Waals surface area contributed by atoms with E-state index in [1.165, 1.54) is 10.5 Å². The predicted molar refractivity (Wildman–Crippen MR) is 75.2 cm³/mol. The molecule has 110 valence electrons. The molecule has 1 rings (SSSR count). The van der Waals surface area contributed by atoms with Crippen LogP contribution in [0.2, 0.25) is 0 Å². The monoisotopic (exact) mass is 288 g/mol. The molecule has 0 saturated carbocycles. The number of nitrogens with zero attached hydrogens (tertiary/aromatic N) is 3. The second kappa shape index (κ2) is 7.02. The van der Waals surface area contributed by atoms with Crippen LogP contribution < -0.4 is 5.73 Å². The zero-order chi connectivity index (χ0) is 14.5. The summed E-state index contributed by atoms with van der Waals surface area (Å²) in [6.45, 7) is 5.88. The topological polar surface area (TPSA) is 81.2 Å². The number of hydrogen-bond acceptors (Lipinski definition) is 4. The molecule has 0 fully saturated rings. The van der Waals surface area contributed by atoms with Gasteiger partial charge in [-0.1, -0.05) is 13.8 Å². The van der Waals surface area contributed by atoms with E-state index in [2.05, 4.69) is 18.9 Å². The van der Waals surface area contributed by atoms with Crippen molar-refractivity contribution in [2.75, 3.05) is 20.1 Å². The van der Waals surface area contributed by atoms with E-state index in [0.29, 0.717) is 25.6 Å². The van der Waals surface area contributed by atoms with E-state index in [-0.39, 0.29) is 4.90 Å². The molecule has 0 saturated heterocycles. The van der Waals surface area contributed by atoms with Crippen LogP contribution in [0.3, 0.4) is 0 Å². The molecule has 0 amide bonds. The van der Waals surface area contributed by atoms with Gasteiger partial charge in [0.15, 0.2) is 0 Å². The van der Waals surface area contributed by atoms with Gasteiger partial charge in [0.05, 0.1) is 6.20 Å². The lowest BCUT2D eigenvalue weighted by Crippen LogP contribution is -2.28. The molecule has 0 aliphatic rings. The second-order valence-corrected chi connectivity index (χ2v) is 7.14. The number of sulfonamides is 1. The normalized spacial score (nSPS) is 12.5. The largest absolute Gasteiger partial charge is 0.330 e. The summed E-state index contributed by atoms with van der Waals surface area (Å²) in [4.78, 5) is 0.246. The summed E-state index contributed by atoms with van der Waals surface area (Å²) >= 11 is 0. The van der Waals surface area contributed by atoms with Crippen molar-refractivity contribution in [2.24, 2.45) is 11.7 Å². The second-order valence-electron chi connectivity index (χ2n) is 5.09. The lowest BCUT2D eigenvalue weighted by molar-refractivity contribution is 0.428. The Balaban J connectivity index is 2.73. The maximum atomic E-state index is 12.3. The van der Waals surface area contributed by atoms with Crippen molar-refractivity contribution < 1.29 is 8.42 Å².